The Kier molecular flexibility index (Phi) is 6.76. The molecule has 0 aliphatic heterocycles. The summed E-state index contributed by atoms with van der Waals surface area (Å²) in [6, 6.07) is 6.28. The molecule has 2 heteroatoms. The highest BCUT2D eigenvalue weighted by atomic mass is 35.5. The van der Waals surface area contributed by atoms with Gasteiger partial charge in [0, 0.05) is 6.20 Å². The van der Waals surface area contributed by atoms with Gasteiger partial charge in [-0.05, 0) is 55.7 Å². The van der Waals surface area contributed by atoms with Gasteiger partial charge in [0.2, 0.25) is 0 Å². The molecule has 1 aromatic rings. The maximum absolute atomic E-state index is 4.53. The predicted molar refractivity (Wildman–Crippen MR) is 92.6 cm³/mol. The Balaban J connectivity index is 0.00000161. The van der Waals surface area contributed by atoms with Crippen LogP contribution < -0.4 is 0 Å². The van der Waals surface area contributed by atoms with Crippen molar-refractivity contribution in [3.63, 3.8) is 0 Å². The molecule has 0 atom stereocenters. The number of rotatable bonds is 3. The lowest BCUT2D eigenvalue weighted by molar-refractivity contribution is 0.328. The Bertz CT molecular complexity index is 408. The minimum Gasteiger partial charge on any atom is -0.257 e. The van der Waals surface area contributed by atoms with Crippen LogP contribution in [0.2, 0.25) is 0 Å². The lowest BCUT2D eigenvalue weighted by atomic mass is 9.73. The van der Waals surface area contributed by atoms with E-state index in [4.69, 9.17) is 0 Å². The van der Waals surface area contributed by atoms with Gasteiger partial charge in [0.25, 0.3) is 0 Å². The Morgan fingerprint density at radius 2 is 1.43 bits per heavy atom. The van der Waals surface area contributed by atoms with Crippen molar-refractivity contribution in [1.82, 2.24) is 4.98 Å². The van der Waals surface area contributed by atoms with E-state index in [1.165, 1.54) is 69.9 Å². The molecule has 0 unspecified atom stereocenters. The SMILES string of the molecule is C(=C(C1CCCCC1)C1CCCCC1)c1ccccn1.Cl. The van der Waals surface area contributed by atoms with Crippen molar-refractivity contribution in [3.8, 4) is 0 Å². The van der Waals surface area contributed by atoms with Crippen LogP contribution in [-0.2, 0) is 0 Å². The minimum atomic E-state index is 0. The Labute approximate surface area is 135 Å². The summed E-state index contributed by atoms with van der Waals surface area (Å²) in [5, 5.41) is 0. The molecule has 3 rings (SSSR count). The smallest absolute Gasteiger partial charge is 0.0629 e. The number of hydrogen-bond acceptors (Lipinski definition) is 1. The van der Waals surface area contributed by atoms with Crippen LogP contribution in [0.25, 0.3) is 6.08 Å². The van der Waals surface area contributed by atoms with Crippen molar-refractivity contribution in [2.24, 2.45) is 11.8 Å². The zero-order chi connectivity index (χ0) is 13.6. The van der Waals surface area contributed by atoms with Crippen molar-refractivity contribution in [1.29, 1.82) is 0 Å². The highest BCUT2D eigenvalue weighted by molar-refractivity contribution is 5.85. The average molecular weight is 306 g/mol. The number of nitrogens with zero attached hydrogens (tertiary/aromatic N) is 1. The van der Waals surface area contributed by atoms with Crippen LogP contribution in [-0.4, -0.2) is 4.98 Å². The van der Waals surface area contributed by atoms with Gasteiger partial charge in [-0.3, -0.25) is 4.98 Å². The molecule has 1 aromatic heterocycles. The lowest BCUT2D eigenvalue weighted by Gasteiger charge is -2.32. The van der Waals surface area contributed by atoms with Gasteiger partial charge in [-0.2, -0.15) is 0 Å². The van der Waals surface area contributed by atoms with Crippen molar-refractivity contribution in [2.75, 3.05) is 0 Å². The molecule has 21 heavy (non-hydrogen) atoms. The Morgan fingerprint density at radius 3 is 1.90 bits per heavy atom. The van der Waals surface area contributed by atoms with E-state index in [2.05, 4.69) is 23.2 Å². The summed E-state index contributed by atoms with van der Waals surface area (Å²) in [7, 11) is 0. The molecule has 0 N–H and O–H groups in total. The first-order chi connectivity index (χ1) is 9.93. The molecule has 0 bridgehead atoms. The third-order valence-electron chi connectivity index (χ3n) is 5.16. The van der Waals surface area contributed by atoms with Gasteiger partial charge < -0.3 is 0 Å². The molecule has 0 amide bonds. The van der Waals surface area contributed by atoms with Gasteiger partial charge in [0.1, 0.15) is 0 Å². The fraction of sp³-hybridized carbons (Fsp3) is 0.632. The topological polar surface area (TPSA) is 12.9 Å². The van der Waals surface area contributed by atoms with Gasteiger partial charge >= 0.3 is 0 Å². The summed E-state index contributed by atoms with van der Waals surface area (Å²) in [6.45, 7) is 0. The fourth-order valence-electron chi connectivity index (χ4n) is 4.07. The molecule has 116 valence electrons. The summed E-state index contributed by atoms with van der Waals surface area (Å²) in [5.74, 6) is 1.68. The zero-order valence-electron chi connectivity index (χ0n) is 13.0. The van der Waals surface area contributed by atoms with Crippen LogP contribution in [0.4, 0.5) is 0 Å². The van der Waals surface area contributed by atoms with Crippen molar-refractivity contribution >= 4 is 18.5 Å². The number of allylic oxidation sites excluding steroid dienone is 1. The monoisotopic (exact) mass is 305 g/mol. The molecule has 2 saturated carbocycles. The Hall–Kier alpha value is -0.820. The van der Waals surface area contributed by atoms with E-state index in [1.54, 1.807) is 5.57 Å². The maximum atomic E-state index is 4.53. The first-order valence-electron chi connectivity index (χ1n) is 8.56. The summed E-state index contributed by atoms with van der Waals surface area (Å²) < 4.78 is 0. The van der Waals surface area contributed by atoms with E-state index >= 15 is 0 Å². The lowest BCUT2D eigenvalue weighted by Crippen LogP contribution is -2.18. The van der Waals surface area contributed by atoms with Crippen LogP contribution >= 0.6 is 12.4 Å². The van der Waals surface area contributed by atoms with Gasteiger partial charge in [0.15, 0.2) is 0 Å². The summed E-state index contributed by atoms with van der Waals surface area (Å²) >= 11 is 0. The van der Waals surface area contributed by atoms with Crippen LogP contribution in [0.1, 0.15) is 69.9 Å². The minimum absolute atomic E-state index is 0. The highest BCUT2D eigenvalue weighted by Crippen LogP contribution is 2.40. The van der Waals surface area contributed by atoms with Gasteiger partial charge in [-0.1, -0.05) is 50.2 Å². The van der Waals surface area contributed by atoms with E-state index in [9.17, 15) is 0 Å². The molecule has 2 aliphatic carbocycles. The van der Waals surface area contributed by atoms with Gasteiger partial charge in [-0.15, -0.1) is 12.4 Å². The van der Waals surface area contributed by atoms with E-state index in [0.29, 0.717) is 0 Å². The summed E-state index contributed by atoms with van der Waals surface area (Å²) in [4.78, 5) is 4.53. The molecule has 0 aromatic carbocycles. The number of hydrogen-bond donors (Lipinski definition) is 0. The second-order valence-electron chi connectivity index (χ2n) is 6.57. The molecular weight excluding hydrogens is 278 g/mol. The van der Waals surface area contributed by atoms with E-state index < -0.39 is 0 Å². The van der Waals surface area contributed by atoms with Crippen molar-refractivity contribution in [2.45, 2.75) is 64.2 Å². The third-order valence-corrected chi connectivity index (χ3v) is 5.16. The third kappa shape index (κ3) is 4.57. The van der Waals surface area contributed by atoms with Crippen LogP contribution in [0.3, 0.4) is 0 Å². The number of pyridine rings is 1. The Morgan fingerprint density at radius 1 is 0.857 bits per heavy atom. The highest BCUT2D eigenvalue weighted by Gasteiger charge is 2.25. The molecular formula is C19H28ClN. The quantitative estimate of drug-likeness (QED) is 0.662. The van der Waals surface area contributed by atoms with Crippen LogP contribution in [0, 0.1) is 11.8 Å². The second kappa shape index (κ2) is 8.58. The molecule has 0 radical (unpaired) electrons. The molecule has 0 saturated heterocycles. The normalized spacial score (nSPS) is 20.6. The maximum Gasteiger partial charge on any atom is 0.0629 e. The summed E-state index contributed by atoms with van der Waals surface area (Å²) in [6.07, 6.45) is 18.6. The standard InChI is InChI=1S/C19H27N.ClH/c1-3-9-16(10-4-1)19(17-11-5-2-6-12-17)15-18-13-7-8-14-20-18;/h7-8,13-17H,1-6,9-12H2;1H. The van der Waals surface area contributed by atoms with Gasteiger partial charge in [0.05, 0.1) is 5.69 Å². The first-order valence-corrected chi connectivity index (χ1v) is 8.56. The average Bonchev–Trinajstić information content (AvgIpc) is 2.55. The van der Waals surface area contributed by atoms with Crippen LogP contribution in [0.15, 0.2) is 30.0 Å². The van der Waals surface area contributed by atoms with E-state index in [1.807, 2.05) is 12.3 Å². The largest absolute Gasteiger partial charge is 0.257 e. The molecule has 0 spiro atoms. The first kappa shape index (κ1) is 16.5. The second-order valence-corrected chi connectivity index (χ2v) is 6.57. The van der Waals surface area contributed by atoms with Crippen LogP contribution in [0.5, 0.6) is 0 Å². The van der Waals surface area contributed by atoms with E-state index in [-0.39, 0.29) is 12.4 Å². The summed E-state index contributed by atoms with van der Waals surface area (Å²) in [5.41, 5.74) is 2.90. The molecule has 2 aliphatic rings. The van der Waals surface area contributed by atoms with Gasteiger partial charge in [-0.25, -0.2) is 0 Å². The van der Waals surface area contributed by atoms with E-state index in [0.717, 1.165) is 11.8 Å². The van der Waals surface area contributed by atoms with Crippen molar-refractivity contribution in [3.05, 3.63) is 35.7 Å². The number of aromatic nitrogens is 1. The molecule has 1 heterocycles. The van der Waals surface area contributed by atoms with Crippen molar-refractivity contribution < 1.29 is 0 Å². The molecule has 1 nitrogen and oxygen atoms in total. The number of halogens is 1. The fourth-order valence-corrected chi connectivity index (χ4v) is 4.07. The predicted octanol–water partition coefficient (Wildman–Crippen LogP) is 6.05. The molecule has 2 fully saturated rings. The zero-order valence-corrected chi connectivity index (χ0v) is 13.8.